The van der Waals surface area contributed by atoms with Gasteiger partial charge in [-0.15, -0.1) is 12.4 Å². The van der Waals surface area contributed by atoms with Gasteiger partial charge in [-0.3, -0.25) is 25.7 Å². The summed E-state index contributed by atoms with van der Waals surface area (Å²) in [4.78, 5) is 17.6. The lowest BCUT2D eigenvalue weighted by atomic mass is 10.3. The summed E-state index contributed by atoms with van der Waals surface area (Å²) < 4.78 is 0. The number of carbonyl (C=O) groups excluding carboxylic acids is 2. The molecule has 0 atom stereocenters. The third kappa shape index (κ3) is 22.8. The van der Waals surface area contributed by atoms with Crippen LogP contribution in [0.1, 0.15) is 19.8 Å². The van der Waals surface area contributed by atoms with E-state index >= 15 is 0 Å². The van der Waals surface area contributed by atoms with Gasteiger partial charge >= 0.3 is 0 Å². The quantitative estimate of drug-likeness (QED) is 0.152. The lowest BCUT2D eigenvalue weighted by molar-refractivity contribution is -0.122. The fraction of sp³-hybridized carbons (Fsp3) is 0.500. The molecule has 0 saturated carbocycles. The maximum Gasteiger partial charge on any atom is 0.195 e. The summed E-state index contributed by atoms with van der Waals surface area (Å²) in [5.74, 6) is -0.120. The molecule has 0 aromatic heterocycles. The standard InChI is InChI=1S/C6H15N5.C2H2O2.ClH/c1-2-3-4-10-6(9)11-5(7)8;3-1-2-4;/h2-4H2,1H3,(H6,7,8,9,10,11);1-2H;1H. The van der Waals surface area contributed by atoms with Crippen LogP contribution in [-0.4, -0.2) is 31.0 Å². The van der Waals surface area contributed by atoms with Gasteiger partial charge in [0.05, 0.1) is 0 Å². The molecule has 0 unspecified atom stereocenters. The second kappa shape index (κ2) is 15.8. The normalized spacial score (nSPS) is 7.31. The van der Waals surface area contributed by atoms with Gasteiger partial charge in [0.1, 0.15) is 0 Å². The molecule has 0 aromatic rings. The number of nitrogens with one attached hydrogen (secondary N) is 4. The van der Waals surface area contributed by atoms with E-state index in [1.807, 2.05) is 0 Å². The van der Waals surface area contributed by atoms with Crippen LogP contribution >= 0.6 is 12.4 Å². The minimum absolute atomic E-state index is 0. The van der Waals surface area contributed by atoms with Gasteiger partial charge in [-0.2, -0.15) is 0 Å². The molecule has 0 spiro atoms. The number of guanidine groups is 2. The van der Waals surface area contributed by atoms with E-state index in [0.29, 0.717) is 0 Å². The van der Waals surface area contributed by atoms with Crippen molar-refractivity contribution in [3.8, 4) is 0 Å². The maximum absolute atomic E-state index is 8.81. The lowest BCUT2D eigenvalue weighted by Gasteiger charge is -2.06. The molecule has 0 aromatic carbocycles. The van der Waals surface area contributed by atoms with Gasteiger partial charge in [-0.25, -0.2) is 0 Å². The summed E-state index contributed by atoms with van der Waals surface area (Å²) >= 11 is 0. The van der Waals surface area contributed by atoms with E-state index in [0.717, 1.165) is 19.4 Å². The number of rotatable bonds is 4. The Morgan fingerprint density at radius 2 is 1.81 bits per heavy atom. The molecule has 8 heteroatoms. The second-order valence-electron chi connectivity index (χ2n) is 2.47. The molecular formula is C8H18ClN5O2. The molecule has 94 valence electrons. The zero-order chi connectivity index (χ0) is 12.1. The number of hydrogen-bond acceptors (Lipinski definition) is 4. The van der Waals surface area contributed by atoms with E-state index in [4.69, 9.17) is 26.1 Å². The number of carbonyl (C=O) groups is 2. The van der Waals surface area contributed by atoms with Crippen LogP contribution < -0.4 is 16.4 Å². The molecule has 0 fully saturated rings. The van der Waals surface area contributed by atoms with Crippen molar-refractivity contribution in [1.29, 1.82) is 10.8 Å². The number of hydrogen-bond donors (Lipinski definition) is 5. The van der Waals surface area contributed by atoms with Crippen molar-refractivity contribution in [2.45, 2.75) is 19.8 Å². The SMILES string of the molecule is CCCCNC(=N)NC(=N)N.Cl.O=CC=O. The van der Waals surface area contributed by atoms with E-state index in [9.17, 15) is 0 Å². The van der Waals surface area contributed by atoms with Crippen LogP contribution in [0.3, 0.4) is 0 Å². The van der Waals surface area contributed by atoms with E-state index in [2.05, 4.69) is 17.6 Å². The molecule has 0 saturated heterocycles. The Kier molecular flexibility index (Phi) is 19.7. The first-order valence-electron chi connectivity index (χ1n) is 4.40. The predicted octanol–water partition coefficient (Wildman–Crippen LogP) is -0.400. The van der Waals surface area contributed by atoms with Crippen LogP contribution in [0.4, 0.5) is 0 Å². The van der Waals surface area contributed by atoms with Crippen LogP contribution in [0.15, 0.2) is 0 Å². The molecule has 0 bridgehead atoms. The van der Waals surface area contributed by atoms with Gasteiger partial charge < -0.3 is 11.1 Å². The van der Waals surface area contributed by atoms with Crippen LogP contribution in [0.25, 0.3) is 0 Å². The van der Waals surface area contributed by atoms with Gasteiger partial charge in [-0.05, 0) is 6.42 Å². The molecule has 6 N–H and O–H groups in total. The highest BCUT2D eigenvalue weighted by atomic mass is 35.5. The molecule has 0 aliphatic heterocycles. The fourth-order valence-electron chi connectivity index (χ4n) is 0.569. The monoisotopic (exact) mass is 251 g/mol. The Hall–Kier alpha value is -1.63. The maximum atomic E-state index is 8.81. The Morgan fingerprint density at radius 1 is 1.31 bits per heavy atom. The first-order valence-corrected chi connectivity index (χ1v) is 4.40. The van der Waals surface area contributed by atoms with Crippen LogP contribution in [0.5, 0.6) is 0 Å². The van der Waals surface area contributed by atoms with E-state index in [-0.39, 0.29) is 36.9 Å². The van der Waals surface area contributed by atoms with Crippen LogP contribution in [0.2, 0.25) is 0 Å². The first-order chi connectivity index (χ1) is 7.08. The highest BCUT2D eigenvalue weighted by Crippen LogP contribution is 1.80. The molecule has 0 rings (SSSR count). The van der Waals surface area contributed by atoms with Crippen molar-refractivity contribution in [3.63, 3.8) is 0 Å². The van der Waals surface area contributed by atoms with Crippen molar-refractivity contribution in [1.82, 2.24) is 10.6 Å². The molecule has 0 amide bonds. The number of aldehydes is 2. The first kappa shape index (κ1) is 19.9. The zero-order valence-electron chi connectivity index (χ0n) is 9.08. The lowest BCUT2D eigenvalue weighted by Crippen LogP contribution is -2.43. The van der Waals surface area contributed by atoms with Gasteiger partial charge in [0.2, 0.25) is 0 Å². The fourth-order valence-corrected chi connectivity index (χ4v) is 0.569. The van der Waals surface area contributed by atoms with Crippen molar-refractivity contribution in [3.05, 3.63) is 0 Å². The molecular weight excluding hydrogens is 234 g/mol. The zero-order valence-corrected chi connectivity index (χ0v) is 9.89. The van der Waals surface area contributed by atoms with Crippen LogP contribution in [-0.2, 0) is 9.59 Å². The van der Waals surface area contributed by atoms with Crippen molar-refractivity contribution in [2.75, 3.05) is 6.54 Å². The van der Waals surface area contributed by atoms with Gasteiger partial charge in [0.15, 0.2) is 24.5 Å². The molecule has 0 heterocycles. The Bertz CT molecular complexity index is 216. The second-order valence-corrected chi connectivity index (χ2v) is 2.47. The minimum Gasteiger partial charge on any atom is -0.370 e. The molecule has 16 heavy (non-hydrogen) atoms. The third-order valence-electron chi connectivity index (χ3n) is 1.15. The Morgan fingerprint density at radius 3 is 2.12 bits per heavy atom. The summed E-state index contributed by atoms with van der Waals surface area (Å²) in [6.45, 7) is 2.82. The summed E-state index contributed by atoms with van der Waals surface area (Å²) in [5.41, 5.74) is 4.99. The van der Waals surface area contributed by atoms with Crippen molar-refractivity contribution >= 4 is 36.9 Å². The topological polar surface area (TPSA) is 132 Å². The summed E-state index contributed by atoms with van der Waals surface area (Å²) in [6.07, 6.45) is 2.49. The smallest absolute Gasteiger partial charge is 0.195 e. The summed E-state index contributed by atoms with van der Waals surface area (Å²) in [6, 6.07) is 0. The highest BCUT2D eigenvalue weighted by Gasteiger charge is 1.93. The largest absolute Gasteiger partial charge is 0.370 e. The predicted molar refractivity (Wildman–Crippen MR) is 65.1 cm³/mol. The summed E-state index contributed by atoms with van der Waals surface area (Å²) in [7, 11) is 0. The number of unbranched alkanes of at least 4 members (excludes halogenated alkanes) is 1. The average molecular weight is 252 g/mol. The Labute approximate surface area is 101 Å². The van der Waals surface area contributed by atoms with Crippen molar-refractivity contribution < 1.29 is 9.59 Å². The van der Waals surface area contributed by atoms with E-state index < -0.39 is 0 Å². The average Bonchev–Trinajstić information content (AvgIpc) is 2.17. The number of halogens is 1. The van der Waals surface area contributed by atoms with Crippen molar-refractivity contribution in [2.24, 2.45) is 5.73 Å². The summed E-state index contributed by atoms with van der Waals surface area (Å²) in [5, 5.41) is 19.0. The highest BCUT2D eigenvalue weighted by molar-refractivity contribution is 6.09. The van der Waals surface area contributed by atoms with E-state index in [1.54, 1.807) is 0 Å². The molecule has 7 nitrogen and oxygen atoms in total. The molecule has 0 aliphatic rings. The Balaban J connectivity index is -0.000000292. The van der Waals surface area contributed by atoms with Gasteiger partial charge in [0, 0.05) is 6.54 Å². The molecule has 0 aliphatic carbocycles. The minimum atomic E-state index is -0.209. The van der Waals surface area contributed by atoms with E-state index in [1.165, 1.54) is 0 Å². The molecule has 0 radical (unpaired) electrons. The number of nitrogens with two attached hydrogens (primary N) is 1. The van der Waals surface area contributed by atoms with Gasteiger partial charge in [0.25, 0.3) is 0 Å². The van der Waals surface area contributed by atoms with Gasteiger partial charge in [-0.1, -0.05) is 13.3 Å². The van der Waals surface area contributed by atoms with Crippen LogP contribution in [0, 0.1) is 10.8 Å². The third-order valence-corrected chi connectivity index (χ3v) is 1.15.